The van der Waals surface area contributed by atoms with Crippen molar-refractivity contribution in [3.63, 3.8) is 0 Å². The van der Waals surface area contributed by atoms with Gasteiger partial charge >= 0.3 is 0 Å². The first-order valence-electron chi connectivity index (χ1n) is 4.29. The van der Waals surface area contributed by atoms with E-state index < -0.39 is 23.2 Å². The zero-order chi connectivity index (χ0) is 11.4. The van der Waals surface area contributed by atoms with Crippen LogP contribution in [0.4, 0.5) is 0 Å². The van der Waals surface area contributed by atoms with Crippen LogP contribution in [0.3, 0.4) is 0 Å². The summed E-state index contributed by atoms with van der Waals surface area (Å²) >= 11 is 0. The van der Waals surface area contributed by atoms with Gasteiger partial charge in [0.25, 0.3) is 5.91 Å². The lowest BCUT2D eigenvalue weighted by Gasteiger charge is -2.06. The maximum Gasteiger partial charge on any atom is 0.251 e. The van der Waals surface area contributed by atoms with Crippen LogP contribution in [0.25, 0.3) is 0 Å². The highest BCUT2D eigenvalue weighted by Crippen LogP contribution is 2.35. The Balaban J connectivity index is 2.91. The number of carbonyl (C=O) groups is 1. The van der Waals surface area contributed by atoms with Gasteiger partial charge in [0.2, 0.25) is 0 Å². The second-order valence-corrected chi connectivity index (χ2v) is 2.91. The van der Waals surface area contributed by atoms with Crippen LogP contribution in [0, 0.1) is 0 Å². The van der Waals surface area contributed by atoms with E-state index in [1.807, 2.05) is 0 Å². The number of phenolic OH excluding ortho intramolecular Hbond substituents is 3. The van der Waals surface area contributed by atoms with E-state index in [0.717, 1.165) is 12.1 Å². The third kappa shape index (κ3) is 2.50. The lowest BCUT2D eigenvalue weighted by atomic mass is 10.1. The highest BCUT2D eigenvalue weighted by molar-refractivity contribution is 5.95. The van der Waals surface area contributed by atoms with Crippen molar-refractivity contribution in [1.82, 2.24) is 5.32 Å². The van der Waals surface area contributed by atoms with Crippen molar-refractivity contribution in [2.24, 2.45) is 5.73 Å². The van der Waals surface area contributed by atoms with Crippen LogP contribution in [0.15, 0.2) is 12.1 Å². The quantitative estimate of drug-likeness (QED) is 0.433. The Morgan fingerprint density at radius 1 is 1.27 bits per heavy atom. The first-order valence-corrected chi connectivity index (χ1v) is 4.29. The van der Waals surface area contributed by atoms with E-state index in [2.05, 4.69) is 5.32 Å². The average Bonchev–Trinajstić information content (AvgIpc) is 2.21. The van der Waals surface area contributed by atoms with Crippen LogP contribution in [0.5, 0.6) is 17.2 Å². The molecule has 0 aliphatic heterocycles. The van der Waals surface area contributed by atoms with Crippen LogP contribution >= 0.6 is 0 Å². The number of benzene rings is 1. The summed E-state index contributed by atoms with van der Waals surface area (Å²) in [5.41, 5.74) is 5.24. The van der Waals surface area contributed by atoms with Gasteiger partial charge < -0.3 is 26.4 Å². The van der Waals surface area contributed by atoms with Gasteiger partial charge in [0.05, 0.1) is 0 Å². The molecule has 0 aliphatic rings. The fraction of sp³-hybridized carbons (Fsp3) is 0.222. The molecule has 1 amide bonds. The van der Waals surface area contributed by atoms with Crippen molar-refractivity contribution in [3.8, 4) is 17.2 Å². The standard InChI is InChI=1S/C9H12N2O4/c10-1-2-11-9(15)5-3-6(12)8(14)7(13)4-5/h3-4,12-14H,1-2,10H2,(H,11,15). The summed E-state index contributed by atoms with van der Waals surface area (Å²) < 4.78 is 0. The summed E-state index contributed by atoms with van der Waals surface area (Å²) in [6.45, 7) is 0.586. The summed E-state index contributed by atoms with van der Waals surface area (Å²) in [6.07, 6.45) is 0. The highest BCUT2D eigenvalue weighted by atomic mass is 16.3. The molecule has 0 aliphatic carbocycles. The molecule has 1 aromatic carbocycles. The number of hydrogen-bond donors (Lipinski definition) is 5. The van der Waals surface area contributed by atoms with E-state index >= 15 is 0 Å². The monoisotopic (exact) mass is 212 g/mol. The normalized spacial score (nSPS) is 9.93. The number of rotatable bonds is 3. The number of nitrogens with one attached hydrogen (secondary N) is 1. The number of hydrogen-bond acceptors (Lipinski definition) is 5. The first-order chi connectivity index (χ1) is 7.06. The number of nitrogens with two attached hydrogens (primary N) is 1. The molecule has 0 saturated heterocycles. The SMILES string of the molecule is NCCNC(=O)c1cc(O)c(O)c(O)c1. The molecule has 0 radical (unpaired) electrons. The van der Waals surface area contributed by atoms with Crippen LogP contribution < -0.4 is 11.1 Å². The number of phenols is 3. The minimum absolute atomic E-state index is 0.0521. The number of aromatic hydroxyl groups is 3. The van der Waals surface area contributed by atoms with Crippen molar-refractivity contribution < 1.29 is 20.1 Å². The van der Waals surface area contributed by atoms with Crippen molar-refractivity contribution in [2.45, 2.75) is 0 Å². The van der Waals surface area contributed by atoms with Crippen molar-refractivity contribution >= 4 is 5.91 Å². The third-order valence-electron chi connectivity index (χ3n) is 1.76. The zero-order valence-corrected chi connectivity index (χ0v) is 7.90. The van der Waals surface area contributed by atoms with E-state index in [0.29, 0.717) is 13.1 Å². The van der Waals surface area contributed by atoms with Crippen molar-refractivity contribution in [2.75, 3.05) is 13.1 Å². The molecular formula is C9H12N2O4. The molecule has 0 heterocycles. The predicted octanol–water partition coefficient (Wildman–Crippen LogP) is -0.508. The van der Waals surface area contributed by atoms with E-state index in [9.17, 15) is 4.79 Å². The fourth-order valence-electron chi connectivity index (χ4n) is 1.02. The minimum atomic E-state index is -0.648. The Morgan fingerprint density at radius 3 is 2.27 bits per heavy atom. The first kappa shape index (κ1) is 11.1. The summed E-state index contributed by atoms with van der Waals surface area (Å²) in [4.78, 5) is 11.3. The molecular weight excluding hydrogens is 200 g/mol. The smallest absolute Gasteiger partial charge is 0.251 e. The largest absolute Gasteiger partial charge is 0.504 e. The molecule has 0 unspecified atom stereocenters. The molecule has 0 bridgehead atoms. The summed E-state index contributed by atoms with van der Waals surface area (Å²) in [7, 11) is 0. The molecule has 1 rings (SSSR count). The predicted molar refractivity (Wildman–Crippen MR) is 52.8 cm³/mol. The van der Waals surface area contributed by atoms with Crippen molar-refractivity contribution in [3.05, 3.63) is 17.7 Å². The maximum absolute atomic E-state index is 11.3. The fourth-order valence-corrected chi connectivity index (χ4v) is 1.02. The Kier molecular flexibility index (Phi) is 3.35. The molecule has 6 heteroatoms. The Hall–Kier alpha value is -1.95. The molecule has 0 fully saturated rings. The maximum atomic E-state index is 11.3. The Labute approximate surface area is 86.0 Å². The lowest BCUT2D eigenvalue weighted by molar-refractivity contribution is 0.0954. The molecule has 6 nitrogen and oxygen atoms in total. The molecule has 0 aromatic heterocycles. The summed E-state index contributed by atoms with van der Waals surface area (Å²) in [5, 5.41) is 29.8. The minimum Gasteiger partial charge on any atom is -0.504 e. The van der Waals surface area contributed by atoms with Gasteiger partial charge in [0.15, 0.2) is 17.2 Å². The third-order valence-corrected chi connectivity index (χ3v) is 1.76. The van der Waals surface area contributed by atoms with E-state index in [4.69, 9.17) is 21.1 Å². The number of carbonyl (C=O) groups excluding carboxylic acids is 1. The molecule has 0 saturated carbocycles. The van der Waals surface area contributed by atoms with Gasteiger partial charge in [-0.25, -0.2) is 0 Å². The Bertz CT molecular complexity index is 355. The van der Waals surface area contributed by atoms with E-state index in [1.54, 1.807) is 0 Å². The molecule has 0 spiro atoms. The van der Waals surface area contributed by atoms with Gasteiger partial charge in [-0.1, -0.05) is 0 Å². The molecule has 15 heavy (non-hydrogen) atoms. The van der Waals surface area contributed by atoms with Gasteiger partial charge in [0, 0.05) is 18.7 Å². The van der Waals surface area contributed by atoms with E-state index in [-0.39, 0.29) is 5.56 Å². The molecule has 82 valence electrons. The van der Waals surface area contributed by atoms with Gasteiger partial charge in [-0.15, -0.1) is 0 Å². The summed E-state index contributed by atoms with van der Waals surface area (Å²) in [5.74, 6) is -2.22. The number of amides is 1. The van der Waals surface area contributed by atoms with Crippen LogP contribution in [-0.2, 0) is 0 Å². The summed E-state index contributed by atoms with van der Waals surface area (Å²) in [6, 6.07) is 2.11. The lowest BCUT2D eigenvalue weighted by Crippen LogP contribution is -2.28. The van der Waals surface area contributed by atoms with Crippen LogP contribution in [-0.4, -0.2) is 34.3 Å². The molecule has 1 aromatic rings. The molecule has 6 N–H and O–H groups in total. The Morgan fingerprint density at radius 2 is 1.80 bits per heavy atom. The van der Waals surface area contributed by atoms with Gasteiger partial charge in [-0.3, -0.25) is 4.79 Å². The van der Waals surface area contributed by atoms with Crippen molar-refractivity contribution in [1.29, 1.82) is 0 Å². The second-order valence-electron chi connectivity index (χ2n) is 2.91. The van der Waals surface area contributed by atoms with Gasteiger partial charge in [0.1, 0.15) is 0 Å². The topological polar surface area (TPSA) is 116 Å². The van der Waals surface area contributed by atoms with Gasteiger partial charge in [-0.05, 0) is 12.1 Å². The van der Waals surface area contributed by atoms with Crippen LogP contribution in [0.1, 0.15) is 10.4 Å². The second kappa shape index (κ2) is 4.52. The molecule has 0 atom stereocenters. The van der Waals surface area contributed by atoms with Crippen LogP contribution in [0.2, 0.25) is 0 Å². The average molecular weight is 212 g/mol. The van der Waals surface area contributed by atoms with E-state index in [1.165, 1.54) is 0 Å². The van der Waals surface area contributed by atoms with Gasteiger partial charge in [-0.2, -0.15) is 0 Å². The zero-order valence-electron chi connectivity index (χ0n) is 7.90. The highest BCUT2D eigenvalue weighted by Gasteiger charge is 2.12.